The van der Waals surface area contributed by atoms with Gasteiger partial charge in [0.1, 0.15) is 5.75 Å². The Kier molecular flexibility index (Phi) is 4.17. The highest BCUT2D eigenvalue weighted by Gasteiger charge is 2.10. The third-order valence-electron chi connectivity index (χ3n) is 2.45. The van der Waals surface area contributed by atoms with Gasteiger partial charge in [-0.1, -0.05) is 18.2 Å². The normalized spacial score (nSPS) is 10.3. The number of aromatic nitrogens is 1. The fourth-order valence-electron chi connectivity index (χ4n) is 1.59. The van der Waals surface area contributed by atoms with E-state index in [1.54, 1.807) is 6.20 Å². The molecule has 5 heteroatoms. The van der Waals surface area contributed by atoms with Crippen molar-refractivity contribution in [3.63, 3.8) is 0 Å². The molecular formula is C13H13BrN2O2. The lowest BCUT2D eigenvalue weighted by molar-refractivity contribution is 0.298. The van der Waals surface area contributed by atoms with Gasteiger partial charge in [0.15, 0.2) is 5.75 Å². The summed E-state index contributed by atoms with van der Waals surface area (Å²) in [4.78, 5) is 3.95. The lowest BCUT2D eigenvalue weighted by Gasteiger charge is -2.13. The highest BCUT2D eigenvalue weighted by Crippen LogP contribution is 2.35. The molecule has 18 heavy (non-hydrogen) atoms. The minimum Gasteiger partial charge on any atom is -0.454 e. The van der Waals surface area contributed by atoms with Crippen LogP contribution in [0.15, 0.2) is 41.1 Å². The van der Waals surface area contributed by atoms with E-state index < -0.39 is 0 Å². The minimum atomic E-state index is 0.0768. The van der Waals surface area contributed by atoms with E-state index in [4.69, 9.17) is 15.6 Å². The highest BCUT2D eigenvalue weighted by atomic mass is 79.9. The molecule has 2 aromatic rings. The van der Waals surface area contributed by atoms with Crippen molar-refractivity contribution in [2.45, 2.75) is 6.42 Å². The molecule has 0 atom stereocenters. The van der Waals surface area contributed by atoms with Gasteiger partial charge in [-0.2, -0.15) is 0 Å². The van der Waals surface area contributed by atoms with Gasteiger partial charge in [0.05, 0.1) is 16.4 Å². The van der Waals surface area contributed by atoms with Gasteiger partial charge < -0.3 is 15.6 Å². The zero-order valence-electron chi connectivity index (χ0n) is 9.64. The van der Waals surface area contributed by atoms with Crippen molar-refractivity contribution in [2.24, 2.45) is 0 Å². The number of nitrogens with two attached hydrogens (primary N) is 1. The third-order valence-corrected chi connectivity index (χ3v) is 3.01. The highest BCUT2D eigenvalue weighted by molar-refractivity contribution is 9.10. The molecular weight excluding hydrogens is 296 g/mol. The standard InChI is InChI=1S/C13H13BrN2O2/c14-10-7-16-8-11(15)13(10)18-12-4-2-1-3-9(12)5-6-17/h1-4,7-8,17H,5-6,15H2. The summed E-state index contributed by atoms with van der Waals surface area (Å²) in [5.41, 5.74) is 7.22. The summed E-state index contributed by atoms with van der Waals surface area (Å²) in [5, 5.41) is 9.02. The molecule has 4 nitrogen and oxygen atoms in total. The number of nitrogen functional groups attached to an aromatic ring is 1. The molecule has 1 aromatic heterocycles. The molecule has 0 fully saturated rings. The van der Waals surface area contributed by atoms with Gasteiger partial charge in [0, 0.05) is 12.8 Å². The predicted molar refractivity (Wildman–Crippen MR) is 73.7 cm³/mol. The Morgan fingerprint density at radius 2 is 2.06 bits per heavy atom. The number of para-hydroxylation sites is 1. The lowest BCUT2D eigenvalue weighted by atomic mass is 10.1. The summed E-state index contributed by atoms with van der Waals surface area (Å²) in [6, 6.07) is 7.54. The van der Waals surface area contributed by atoms with E-state index in [1.807, 2.05) is 24.3 Å². The Balaban J connectivity index is 2.34. The van der Waals surface area contributed by atoms with E-state index >= 15 is 0 Å². The van der Waals surface area contributed by atoms with Gasteiger partial charge in [-0.3, -0.25) is 4.98 Å². The van der Waals surface area contributed by atoms with Crippen LogP contribution in [-0.2, 0) is 6.42 Å². The Labute approximate surface area is 114 Å². The Bertz CT molecular complexity index is 526. The lowest BCUT2D eigenvalue weighted by Crippen LogP contribution is -1.98. The molecule has 0 unspecified atom stereocenters. The summed E-state index contributed by atoms with van der Waals surface area (Å²) in [6.45, 7) is 0.0768. The van der Waals surface area contributed by atoms with E-state index in [0.29, 0.717) is 28.1 Å². The van der Waals surface area contributed by atoms with Crippen LogP contribution < -0.4 is 10.5 Å². The number of nitrogens with zero attached hydrogens (tertiary/aromatic N) is 1. The molecule has 0 aliphatic heterocycles. The summed E-state index contributed by atoms with van der Waals surface area (Å²) in [7, 11) is 0. The summed E-state index contributed by atoms with van der Waals surface area (Å²) in [5.74, 6) is 1.22. The van der Waals surface area contributed by atoms with Gasteiger partial charge in [-0.05, 0) is 34.0 Å². The first-order chi connectivity index (χ1) is 8.72. The Morgan fingerprint density at radius 1 is 1.28 bits per heavy atom. The van der Waals surface area contributed by atoms with Crippen molar-refractivity contribution in [3.8, 4) is 11.5 Å². The van der Waals surface area contributed by atoms with Crippen molar-refractivity contribution < 1.29 is 9.84 Å². The fraction of sp³-hybridized carbons (Fsp3) is 0.154. The first-order valence-electron chi connectivity index (χ1n) is 5.48. The average Bonchev–Trinajstić information content (AvgIpc) is 2.36. The second kappa shape index (κ2) is 5.84. The SMILES string of the molecule is Nc1cncc(Br)c1Oc1ccccc1CCO. The van der Waals surface area contributed by atoms with E-state index in [9.17, 15) is 0 Å². The second-order valence-corrected chi connectivity index (χ2v) is 4.58. The smallest absolute Gasteiger partial charge is 0.167 e. The molecule has 1 heterocycles. The summed E-state index contributed by atoms with van der Waals surface area (Å²) < 4.78 is 6.50. The number of benzene rings is 1. The first-order valence-corrected chi connectivity index (χ1v) is 6.27. The van der Waals surface area contributed by atoms with Crippen LogP contribution in [0.3, 0.4) is 0 Å². The maximum atomic E-state index is 9.02. The number of ether oxygens (including phenoxy) is 1. The number of hydrogen-bond acceptors (Lipinski definition) is 4. The average molecular weight is 309 g/mol. The molecule has 0 radical (unpaired) electrons. The number of halogens is 1. The van der Waals surface area contributed by atoms with Gasteiger partial charge in [0.25, 0.3) is 0 Å². The zero-order chi connectivity index (χ0) is 13.0. The minimum absolute atomic E-state index is 0.0768. The molecule has 0 bridgehead atoms. The van der Waals surface area contributed by atoms with Crippen molar-refractivity contribution in [3.05, 3.63) is 46.7 Å². The van der Waals surface area contributed by atoms with Gasteiger partial charge in [-0.15, -0.1) is 0 Å². The number of aliphatic hydroxyl groups is 1. The number of rotatable bonds is 4. The van der Waals surface area contributed by atoms with Crippen LogP contribution in [0.25, 0.3) is 0 Å². The molecule has 0 spiro atoms. The topological polar surface area (TPSA) is 68.4 Å². The van der Waals surface area contributed by atoms with Crippen molar-refractivity contribution in [1.82, 2.24) is 4.98 Å². The third kappa shape index (κ3) is 2.80. The molecule has 2 rings (SSSR count). The van der Waals surface area contributed by atoms with Crippen LogP contribution in [0.5, 0.6) is 11.5 Å². The van der Waals surface area contributed by atoms with Crippen molar-refractivity contribution in [2.75, 3.05) is 12.3 Å². The van der Waals surface area contributed by atoms with Crippen LogP contribution in [0.4, 0.5) is 5.69 Å². The number of hydrogen-bond donors (Lipinski definition) is 2. The van der Waals surface area contributed by atoms with Crippen molar-refractivity contribution >= 4 is 21.6 Å². The second-order valence-electron chi connectivity index (χ2n) is 3.72. The largest absolute Gasteiger partial charge is 0.454 e. The maximum absolute atomic E-state index is 9.02. The molecule has 3 N–H and O–H groups in total. The van der Waals surface area contributed by atoms with Crippen LogP contribution in [-0.4, -0.2) is 16.7 Å². The van der Waals surface area contributed by atoms with E-state index in [0.717, 1.165) is 5.56 Å². The molecule has 0 amide bonds. The molecule has 1 aromatic carbocycles. The van der Waals surface area contributed by atoms with Crippen LogP contribution in [0.2, 0.25) is 0 Å². The molecule has 94 valence electrons. The Hall–Kier alpha value is -1.59. The van der Waals surface area contributed by atoms with Gasteiger partial charge in [0.2, 0.25) is 0 Å². The molecule has 0 saturated carbocycles. The first kappa shape index (κ1) is 12.9. The molecule has 0 saturated heterocycles. The monoisotopic (exact) mass is 308 g/mol. The van der Waals surface area contributed by atoms with Gasteiger partial charge >= 0.3 is 0 Å². The number of aliphatic hydroxyl groups excluding tert-OH is 1. The number of anilines is 1. The fourth-order valence-corrected chi connectivity index (χ4v) is 2.01. The molecule has 0 aliphatic carbocycles. The summed E-state index contributed by atoms with van der Waals surface area (Å²) in [6.07, 6.45) is 3.70. The van der Waals surface area contributed by atoms with Crippen molar-refractivity contribution in [1.29, 1.82) is 0 Å². The van der Waals surface area contributed by atoms with Crippen LogP contribution in [0, 0.1) is 0 Å². The van der Waals surface area contributed by atoms with Gasteiger partial charge in [-0.25, -0.2) is 0 Å². The van der Waals surface area contributed by atoms with Crippen LogP contribution >= 0.6 is 15.9 Å². The van der Waals surface area contributed by atoms with E-state index in [-0.39, 0.29) is 6.61 Å². The maximum Gasteiger partial charge on any atom is 0.167 e. The van der Waals surface area contributed by atoms with Crippen LogP contribution in [0.1, 0.15) is 5.56 Å². The van der Waals surface area contributed by atoms with E-state index in [1.165, 1.54) is 6.20 Å². The van der Waals surface area contributed by atoms with E-state index in [2.05, 4.69) is 20.9 Å². The summed E-state index contributed by atoms with van der Waals surface area (Å²) >= 11 is 3.35. The molecule has 0 aliphatic rings. The quantitative estimate of drug-likeness (QED) is 0.911. The Morgan fingerprint density at radius 3 is 2.78 bits per heavy atom. The zero-order valence-corrected chi connectivity index (χ0v) is 11.2. The number of pyridine rings is 1. The predicted octanol–water partition coefficient (Wildman–Crippen LogP) is 2.75.